The molecule has 0 radical (unpaired) electrons. The number of benzene rings is 2. The highest BCUT2D eigenvalue weighted by molar-refractivity contribution is 6.30. The fraction of sp³-hybridized carbons (Fsp3) is 0.0667. The van der Waals surface area contributed by atoms with Crippen molar-refractivity contribution in [3.05, 3.63) is 57.1 Å². The molecule has 0 saturated carbocycles. The first-order chi connectivity index (χ1) is 11.0. The zero-order valence-corrected chi connectivity index (χ0v) is 12.5. The quantitative estimate of drug-likeness (QED) is 0.410. The van der Waals surface area contributed by atoms with Crippen molar-refractivity contribution in [2.75, 3.05) is 7.11 Å². The lowest BCUT2D eigenvalue weighted by Gasteiger charge is -1.99. The molecule has 0 unspecified atom stereocenters. The van der Waals surface area contributed by atoms with Crippen LogP contribution in [0.25, 0.3) is 22.6 Å². The monoisotopic (exact) mass is 332 g/mol. The highest BCUT2D eigenvalue weighted by Gasteiger charge is 2.22. The van der Waals surface area contributed by atoms with Crippen molar-refractivity contribution in [3.63, 3.8) is 0 Å². The summed E-state index contributed by atoms with van der Waals surface area (Å²) in [6, 6.07) is 9.05. The standard InChI is InChI=1S/C15H9ClN2O5/c1-22-15(19)11-6-10(18(20)21)7-12-13(11)23-14(17-12)8-2-4-9(16)5-3-8/h2-7H,1H3. The van der Waals surface area contributed by atoms with E-state index < -0.39 is 10.9 Å². The zero-order chi connectivity index (χ0) is 16.6. The first-order valence-electron chi connectivity index (χ1n) is 6.43. The van der Waals surface area contributed by atoms with Gasteiger partial charge in [0.05, 0.1) is 12.0 Å². The minimum atomic E-state index is -0.738. The number of non-ortho nitro benzene ring substituents is 1. The van der Waals surface area contributed by atoms with Crippen LogP contribution < -0.4 is 0 Å². The van der Waals surface area contributed by atoms with E-state index in [-0.39, 0.29) is 28.2 Å². The highest BCUT2D eigenvalue weighted by Crippen LogP contribution is 2.31. The smallest absolute Gasteiger partial charge is 0.342 e. The van der Waals surface area contributed by atoms with Gasteiger partial charge in [-0.3, -0.25) is 10.1 Å². The summed E-state index contributed by atoms with van der Waals surface area (Å²) in [5, 5.41) is 11.6. The number of nitro groups is 1. The minimum Gasteiger partial charge on any atom is -0.465 e. The van der Waals surface area contributed by atoms with E-state index in [2.05, 4.69) is 9.72 Å². The summed E-state index contributed by atoms with van der Waals surface area (Å²) in [6.07, 6.45) is 0. The number of aromatic nitrogens is 1. The number of oxazole rings is 1. The van der Waals surface area contributed by atoms with E-state index in [1.165, 1.54) is 13.2 Å². The van der Waals surface area contributed by atoms with Gasteiger partial charge in [-0.15, -0.1) is 0 Å². The lowest BCUT2D eigenvalue weighted by Crippen LogP contribution is -2.02. The topological polar surface area (TPSA) is 95.5 Å². The summed E-state index contributed by atoms with van der Waals surface area (Å²) in [4.78, 5) is 26.4. The molecular formula is C15H9ClN2O5. The second-order valence-corrected chi connectivity index (χ2v) is 5.05. The molecule has 0 aliphatic heterocycles. The molecule has 0 bridgehead atoms. The summed E-state index contributed by atoms with van der Waals surface area (Å²) < 4.78 is 10.2. The third-order valence-electron chi connectivity index (χ3n) is 3.18. The van der Waals surface area contributed by atoms with Gasteiger partial charge in [-0.25, -0.2) is 9.78 Å². The van der Waals surface area contributed by atoms with Crippen LogP contribution in [0.1, 0.15) is 10.4 Å². The molecule has 0 N–H and O–H groups in total. The molecule has 7 nitrogen and oxygen atoms in total. The Morgan fingerprint density at radius 2 is 2.00 bits per heavy atom. The van der Waals surface area contributed by atoms with Crippen molar-refractivity contribution in [2.45, 2.75) is 0 Å². The molecular weight excluding hydrogens is 324 g/mol. The van der Waals surface area contributed by atoms with E-state index in [0.29, 0.717) is 10.6 Å². The van der Waals surface area contributed by atoms with Gasteiger partial charge < -0.3 is 9.15 Å². The van der Waals surface area contributed by atoms with E-state index >= 15 is 0 Å². The fourth-order valence-electron chi connectivity index (χ4n) is 2.10. The SMILES string of the molecule is COC(=O)c1cc([N+](=O)[O-])cc2nc(-c3ccc(Cl)cc3)oc12. The van der Waals surface area contributed by atoms with Gasteiger partial charge >= 0.3 is 5.97 Å². The first kappa shape index (κ1) is 15.0. The van der Waals surface area contributed by atoms with Crippen molar-refractivity contribution in [1.82, 2.24) is 4.98 Å². The number of ether oxygens (including phenoxy) is 1. The van der Waals surface area contributed by atoms with Gasteiger partial charge in [-0.05, 0) is 24.3 Å². The summed E-state index contributed by atoms with van der Waals surface area (Å²) >= 11 is 5.83. The van der Waals surface area contributed by atoms with Crippen molar-refractivity contribution >= 4 is 34.4 Å². The maximum absolute atomic E-state index is 11.8. The van der Waals surface area contributed by atoms with Gasteiger partial charge in [0, 0.05) is 22.7 Å². The predicted molar refractivity (Wildman–Crippen MR) is 82.4 cm³/mol. The van der Waals surface area contributed by atoms with Crippen LogP contribution in [0.5, 0.6) is 0 Å². The number of nitro benzene ring substituents is 1. The Kier molecular flexibility index (Phi) is 3.71. The van der Waals surface area contributed by atoms with E-state index in [0.717, 1.165) is 6.07 Å². The second kappa shape index (κ2) is 5.69. The van der Waals surface area contributed by atoms with Crippen molar-refractivity contribution in [2.24, 2.45) is 0 Å². The normalized spacial score (nSPS) is 10.7. The summed E-state index contributed by atoms with van der Waals surface area (Å²) in [7, 11) is 1.18. The van der Waals surface area contributed by atoms with Crippen molar-refractivity contribution in [1.29, 1.82) is 0 Å². The zero-order valence-electron chi connectivity index (χ0n) is 11.8. The number of methoxy groups -OCH3 is 1. The number of rotatable bonds is 3. The van der Waals surface area contributed by atoms with Crippen LogP contribution in [-0.4, -0.2) is 23.0 Å². The molecule has 23 heavy (non-hydrogen) atoms. The Morgan fingerprint density at radius 3 is 2.61 bits per heavy atom. The number of esters is 1. The van der Waals surface area contributed by atoms with Gasteiger partial charge in [0.25, 0.3) is 5.69 Å². The predicted octanol–water partition coefficient (Wildman–Crippen LogP) is 3.84. The molecule has 0 amide bonds. The van der Waals surface area contributed by atoms with Crippen LogP contribution in [0, 0.1) is 10.1 Å². The summed E-state index contributed by atoms with van der Waals surface area (Å²) in [6.45, 7) is 0. The average molecular weight is 333 g/mol. The van der Waals surface area contributed by atoms with Gasteiger partial charge in [-0.1, -0.05) is 11.6 Å². The van der Waals surface area contributed by atoms with Crippen LogP contribution in [0.3, 0.4) is 0 Å². The number of hydrogen-bond donors (Lipinski definition) is 0. The van der Waals surface area contributed by atoms with Crippen molar-refractivity contribution < 1.29 is 18.9 Å². The van der Waals surface area contributed by atoms with Crippen LogP contribution >= 0.6 is 11.6 Å². The lowest BCUT2D eigenvalue weighted by atomic mass is 10.1. The average Bonchev–Trinajstić information content (AvgIpc) is 2.97. The maximum atomic E-state index is 11.8. The Labute approximate surface area is 134 Å². The number of carbonyl (C=O) groups is 1. The molecule has 8 heteroatoms. The molecule has 3 rings (SSSR count). The van der Waals surface area contributed by atoms with Crippen LogP contribution in [0.2, 0.25) is 5.02 Å². The van der Waals surface area contributed by atoms with Gasteiger partial charge in [-0.2, -0.15) is 0 Å². The molecule has 0 atom stereocenters. The fourth-order valence-corrected chi connectivity index (χ4v) is 2.23. The molecule has 0 aliphatic carbocycles. The van der Waals surface area contributed by atoms with Gasteiger partial charge in [0.1, 0.15) is 11.1 Å². The number of carbonyl (C=O) groups excluding carboxylic acids is 1. The molecule has 0 spiro atoms. The van der Waals surface area contributed by atoms with E-state index in [9.17, 15) is 14.9 Å². The number of nitrogens with zero attached hydrogens (tertiary/aromatic N) is 2. The van der Waals surface area contributed by atoms with Crippen LogP contribution in [0.15, 0.2) is 40.8 Å². The minimum absolute atomic E-state index is 0.0515. The van der Waals surface area contributed by atoms with Gasteiger partial charge in [0.2, 0.25) is 5.89 Å². The number of hydrogen-bond acceptors (Lipinski definition) is 6. The Hall–Kier alpha value is -2.93. The molecule has 0 saturated heterocycles. The number of halogens is 1. The molecule has 0 aliphatic rings. The highest BCUT2D eigenvalue weighted by atomic mass is 35.5. The maximum Gasteiger partial charge on any atom is 0.342 e. The van der Waals surface area contributed by atoms with Crippen LogP contribution in [0.4, 0.5) is 5.69 Å². The third kappa shape index (κ3) is 2.74. The van der Waals surface area contributed by atoms with E-state index in [4.69, 9.17) is 16.0 Å². The molecule has 2 aromatic carbocycles. The van der Waals surface area contributed by atoms with Crippen LogP contribution in [-0.2, 0) is 4.74 Å². The second-order valence-electron chi connectivity index (χ2n) is 4.62. The van der Waals surface area contributed by atoms with Gasteiger partial charge in [0.15, 0.2) is 5.58 Å². The summed E-state index contributed by atoms with van der Waals surface area (Å²) in [5.41, 5.74) is 0.638. The number of fused-ring (bicyclic) bond motifs is 1. The third-order valence-corrected chi connectivity index (χ3v) is 3.43. The lowest BCUT2D eigenvalue weighted by molar-refractivity contribution is -0.384. The molecule has 116 valence electrons. The molecule has 1 aromatic heterocycles. The largest absolute Gasteiger partial charge is 0.465 e. The molecule has 0 fully saturated rings. The molecule has 3 aromatic rings. The van der Waals surface area contributed by atoms with E-state index in [1.54, 1.807) is 24.3 Å². The Balaban J connectivity index is 2.23. The summed E-state index contributed by atoms with van der Waals surface area (Å²) in [5.74, 6) is -0.514. The Morgan fingerprint density at radius 1 is 1.30 bits per heavy atom. The molecule has 1 heterocycles. The Bertz CT molecular complexity index is 918. The van der Waals surface area contributed by atoms with E-state index in [1.807, 2.05) is 0 Å². The van der Waals surface area contributed by atoms with Crippen molar-refractivity contribution in [3.8, 4) is 11.5 Å². The first-order valence-corrected chi connectivity index (χ1v) is 6.80.